The van der Waals surface area contributed by atoms with Gasteiger partial charge in [0, 0.05) is 0 Å². The van der Waals surface area contributed by atoms with Crippen molar-refractivity contribution in [2.24, 2.45) is 0 Å². The zero-order valence-electron chi connectivity index (χ0n) is 12.5. The Kier molecular flexibility index (Phi) is 3.93. The Labute approximate surface area is 128 Å². The van der Waals surface area contributed by atoms with E-state index >= 15 is 0 Å². The summed E-state index contributed by atoms with van der Waals surface area (Å²) in [5.41, 5.74) is -1.42. The fourth-order valence-electron chi connectivity index (χ4n) is 2.60. The van der Waals surface area contributed by atoms with E-state index in [9.17, 15) is 9.59 Å². The normalized spacial score (nSPS) is 23.2. The number of rotatable bonds is 3. The van der Waals surface area contributed by atoms with E-state index in [2.05, 4.69) is 15.3 Å². The highest BCUT2D eigenvalue weighted by atomic mass is 35.5. The molecule has 2 rings (SSSR count). The molecule has 1 atom stereocenters. The van der Waals surface area contributed by atoms with E-state index in [0.29, 0.717) is 5.69 Å². The lowest BCUT2D eigenvalue weighted by atomic mass is 9.73. The zero-order chi connectivity index (χ0) is 15.8. The molecular formula is C14H18ClN3O3. The summed E-state index contributed by atoms with van der Waals surface area (Å²) in [6, 6.07) is 0. The first-order valence-corrected chi connectivity index (χ1v) is 7.20. The lowest BCUT2D eigenvalue weighted by molar-refractivity contribution is -0.156. The summed E-state index contributed by atoms with van der Waals surface area (Å²) in [4.78, 5) is 33.6. The fourth-order valence-corrected chi connectivity index (χ4v) is 2.73. The second kappa shape index (κ2) is 5.26. The summed E-state index contributed by atoms with van der Waals surface area (Å²) in [7, 11) is 0. The lowest BCUT2D eigenvalue weighted by Crippen LogP contribution is -2.61. The highest BCUT2D eigenvalue weighted by Crippen LogP contribution is 2.39. The highest BCUT2D eigenvalue weighted by molar-refractivity contribution is 6.29. The van der Waals surface area contributed by atoms with Crippen LogP contribution in [-0.4, -0.2) is 28.5 Å². The molecule has 1 aliphatic rings. The quantitative estimate of drug-likeness (QED) is 0.679. The molecule has 0 fully saturated rings. The molecule has 21 heavy (non-hydrogen) atoms. The number of aromatic nitrogens is 2. The van der Waals surface area contributed by atoms with Crippen LogP contribution in [-0.2, 0) is 25.3 Å². The van der Waals surface area contributed by atoms with E-state index < -0.39 is 22.8 Å². The van der Waals surface area contributed by atoms with E-state index in [4.69, 9.17) is 16.3 Å². The Morgan fingerprint density at radius 3 is 2.62 bits per heavy atom. The van der Waals surface area contributed by atoms with Crippen LogP contribution < -0.4 is 5.32 Å². The summed E-state index contributed by atoms with van der Waals surface area (Å²) in [5.74, 6) is -1.06. The van der Waals surface area contributed by atoms with Crippen molar-refractivity contribution in [3.63, 3.8) is 0 Å². The molecule has 0 aliphatic carbocycles. The topological polar surface area (TPSA) is 81.2 Å². The van der Waals surface area contributed by atoms with Gasteiger partial charge in [-0.15, -0.1) is 0 Å². The van der Waals surface area contributed by atoms with Gasteiger partial charge < -0.3 is 10.1 Å². The van der Waals surface area contributed by atoms with E-state index in [1.165, 1.54) is 6.20 Å². The van der Waals surface area contributed by atoms with Crippen LogP contribution in [0.1, 0.15) is 45.5 Å². The maximum Gasteiger partial charge on any atom is 0.327 e. The maximum absolute atomic E-state index is 12.6. The first-order valence-electron chi connectivity index (χ1n) is 6.83. The predicted molar refractivity (Wildman–Crippen MR) is 76.8 cm³/mol. The van der Waals surface area contributed by atoms with Crippen molar-refractivity contribution in [1.29, 1.82) is 0 Å². The van der Waals surface area contributed by atoms with Crippen LogP contribution in [0.3, 0.4) is 0 Å². The summed E-state index contributed by atoms with van der Waals surface area (Å²) < 4.78 is 5.10. The van der Waals surface area contributed by atoms with Gasteiger partial charge in [-0.3, -0.25) is 14.6 Å². The van der Waals surface area contributed by atoms with Gasteiger partial charge in [0.2, 0.25) is 5.91 Å². The van der Waals surface area contributed by atoms with Crippen molar-refractivity contribution >= 4 is 23.5 Å². The molecule has 0 spiro atoms. The Hall–Kier alpha value is -1.69. The van der Waals surface area contributed by atoms with Crippen molar-refractivity contribution in [2.45, 2.75) is 45.1 Å². The van der Waals surface area contributed by atoms with Crippen molar-refractivity contribution < 1.29 is 14.3 Å². The molecule has 7 heteroatoms. The average Bonchev–Trinajstić information content (AvgIpc) is 2.38. The Bertz CT molecular complexity index is 603. The second-order valence-electron chi connectivity index (χ2n) is 5.45. The van der Waals surface area contributed by atoms with Gasteiger partial charge in [0.1, 0.15) is 5.15 Å². The number of carbonyl (C=O) groups is 2. The van der Waals surface area contributed by atoms with Gasteiger partial charge >= 0.3 is 5.97 Å². The zero-order valence-corrected chi connectivity index (χ0v) is 13.2. The van der Waals surface area contributed by atoms with Gasteiger partial charge in [-0.2, -0.15) is 0 Å². The number of esters is 1. The average molecular weight is 312 g/mol. The summed E-state index contributed by atoms with van der Waals surface area (Å²) >= 11 is 5.93. The fraction of sp³-hybridized carbons (Fsp3) is 0.571. The molecule has 1 amide bonds. The van der Waals surface area contributed by atoms with Crippen LogP contribution in [0.5, 0.6) is 0 Å². The number of halogens is 1. The molecule has 2 heterocycles. The number of hydrogen-bond acceptors (Lipinski definition) is 5. The number of fused-ring (bicyclic) bond motifs is 1. The molecule has 0 radical (unpaired) electrons. The SMILES string of the molecule is CCOC(=O)C1(CC)C(=O)NC(C)(C)c2ncc(Cl)nc21. The molecule has 114 valence electrons. The summed E-state index contributed by atoms with van der Waals surface area (Å²) in [5, 5.41) is 2.97. The van der Waals surface area contributed by atoms with Crippen LogP contribution >= 0.6 is 11.6 Å². The molecule has 6 nitrogen and oxygen atoms in total. The molecule has 1 aromatic heterocycles. The van der Waals surface area contributed by atoms with Crippen LogP contribution in [0.25, 0.3) is 0 Å². The molecule has 1 N–H and O–H groups in total. The van der Waals surface area contributed by atoms with E-state index in [0.717, 1.165) is 0 Å². The second-order valence-corrected chi connectivity index (χ2v) is 5.84. The lowest BCUT2D eigenvalue weighted by Gasteiger charge is -2.41. The predicted octanol–water partition coefficient (Wildman–Crippen LogP) is 1.71. The minimum atomic E-state index is -1.50. The van der Waals surface area contributed by atoms with Gasteiger partial charge in [0.25, 0.3) is 0 Å². The highest BCUT2D eigenvalue weighted by Gasteiger charge is 2.56. The number of carbonyl (C=O) groups excluding carboxylic acids is 2. The molecule has 0 bridgehead atoms. The van der Waals surface area contributed by atoms with Gasteiger partial charge in [-0.25, -0.2) is 4.98 Å². The van der Waals surface area contributed by atoms with Crippen LogP contribution in [0.15, 0.2) is 6.20 Å². The van der Waals surface area contributed by atoms with E-state index in [1.807, 2.05) is 0 Å². The third-order valence-electron chi connectivity index (χ3n) is 3.71. The van der Waals surface area contributed by atoms with Gasteiger partial charge in [-0.05, 0) is 27.2 Å². The maximum atomic E-state index is 12.6. The monoisotopic (exact) mass is 311 g/mol. The van der Waals surface area contributed by atoms with Crippen LogP contribution in [0.4, 0.5) is 0 Å². The number of hydrogen-bond donors (Lipinski definition) is 1. The number of nitrogens with one attached hydrogen (secondary N) is 1. The van der Waals surface area contributed by atoms with Gasteiger partial charge in [-0.1, -0.05) is 18.5 Å². The summed E-state index contributed by atoms with van der Waals surface area (Å²) in [6.45, 7) is 7.21. The van der Waals surface area contributed by atoms with Crippen molar-refractivity contribution in [2.75, 3.05) is 6.61 Å². The summed E-state index contributed by atoms with van der Waals surface area (Å²) in [6.07, 6.45) is 1.63. The molecule has 0 saturated carbocycles. The smallest absolute Gasteiger partial charge is 0.327 e. The molecular weight excluding hydrogens is 294 g/mol. The molecule has 1 unspecified atom stereocenters. The standard InChI is InChI=1S/C14H18ClN3O3/c1-5-14(12(20)21-6-2)10-9(16-7-8(15)17-10)13(3,4)18-11(14)19/h7H,5-6H2,1-4H3,(H,18,19). The third kappa shape index (κ3) is 2.27. The Morgan fingerprint density at radius 2 is 2.05 bits per heavy atom. The number of nitrogens with zero attached hydrogens (tertiary/aromatic N) is 2. The Morgan fingerprint density at radius 1 is 1.38 bits per heavy atom. The van der Waals surface area contributed by atoms with Crippen molar-refractivity contribution in [3.8, 4) is 0 Å². The molecule has 0 saturated heterocycles. The molecule has 0 aromatic carbocycles. The first kappa shape index (κ1) is 15.7. The van der Waals surface area contributed by atoms with E-state index in [-0.39, 0.29) is 23.9 Å². The van der Waals surface area contributed by atoms with Crippen LogP contribution in [0.2, 0.25) is 5.15 Å². The van der Waals surface area contributed by atoms with Gasteiger partial charge in [0.15, 0.2) is 5.41 Å². The minimum absolute atomic E-state index is 0.140. The molecule has 1 aromatic rings. The molecule has 1 aliphatic heterocycles. The first-order chi connectivity index (χ1) is 9.79. The van der Waals surface area contributed by atoms with Crippen molar-refractivity contribution in [3.05, 3.63) is 22.7 Å². The third-order valence-corrected chi connectivity index (χ3v) is 3.89. The van der Waals surface area contributed by atoms with Crippen molar-refractivity contribution in [1.82, 2.24) is 15.3 Å². The van der Waals surface area contributed by atoms with E-state index in [1.54, 1.807) is 27.7 Å². The Balaban J connectivity index is 2.74. The number of amides is 1. The minimum Gasteiger partial charge on any atom is -0.465 e. The van der Waals surface area contributed by atoms with Crippen LogP contribution in [0, 0.1) is 0 Å². The van der Waals surface area contributed by atoms with Gasteiger partial charge in [0.05, 0.1) is 29.7 Å². The largest absolute Gasteiger partial charge is 0.465 e. The number of ether oxygens (including phenoxy) is 1.